The van der Waals surface area contributed by atoms with Crippen LogP contribution in [0, 0.1) is 20.8 Å². The predicted octanol–water partition coefficient (Wildman–Crippen LogP) is 5.13. The van der Waals surface area contributed by atoms with Gasteiger partial charge in [-0.05, 0) is 67.8 Å². The number of aryl methyl sites for hydroxylation is 1. The van der Waals surface area contributed by atoms with Crippen molar-refractivity contribution in [3.05, 3.63) is 89.5 Å². The third-order valence-electron chi connectivity index (χ3n) is 5.43. The number of hydrogen-bond donors (Lipinski definition) is 0. The fraction of sp³-hybridized carbons (Fsp3) is 0.250. The van der Waals surface area contributed by atoms with Gasteiger partial charge in [0.2, 0.25) is 0 Å². The molecule has 0 fully saturated rings. The predicted molar refractivity (Wildman–Crippen MR) is 126 cm³/mol. The topological polar surface area (TPSA) is 57.2 Å². The molecule has 0 saturated carbocycles. The van der Waals surface area contributed by atoms with E-state index in [1.54, 1.807) is 0 Å². The normalized spacial score (nSPS) is 12.5. The zero-order valence-electron chi connectivity index (χ0n) is 18.9. The average molecular weight is 536 g/mol. The van der Waals surface area contributed by atoms with Crippen molar-refractivity contribution in [1.29, 1.82) is 0 Å². The van der Waals surface area contributed by atoms with Gasteiger partial charge in [-0.1, -0.05) is 42.5 Å². The van der Waals surface area contributed by atoms with Gasteiger partial charge in [0.1, 0.15) is 15.9 Å². The standard InChI is InChI=1S/C21H21P.C3H2F6O3S/c1-16-14-15-21(18(3)17(16)2)22(19-10-6-4-7-11-19)20-12-8-5-9-13-20;4-1(5)2(6,7)3(8,9)13(10,11)12/h4-15H,1-3H3;1H,(H,10,11,12). The van der Waals surface area contributed by atoms with E-state index in [9.17, 15) is 39.3 Å². The zero-order valence-corrected chi connectivity index (χ0v) is 20.7. The molecule has 0 atom stereocenters. The summed E-state index contributed by atoms with van der Waals surface area (Å²) in [5.41, 5.74) is 4.25. The van der Waals surface area contributed by atoms with E-state index in [2.05, 4.69) is 93.6 Å². The molecular weight excluding hydrogens is 513 g/mol. The van der Waals surface area contributed by atoms with Crippen molar-refractivity contribution in [2.24, 2.45) is 0 Å². The quantitative estimate of drug-likeness (QED) is 0.250. The molecular formula is C24H23F6O3PS. The van der Waals surface area contributed by atoms with Crippen molar-refractivity contribution in [2.45, 2.75) is 38.4 Å². The van der Waals surface area contributed by atoms with Crippen LogP contribution >= 0.6 is 7.92 Å². The van der Waals surface area contributed by atoms with E-state index in [0.29, 0.717) is 0 Å². The van der Waals surface area contributed by atoms with E-state index in [1.165, 1.54) is 32.6 Å². The molecule has 0 spiro atoms. The summed E-state index contributed by atoms with van der Waals surface area (Å²) in [5.74, 6) is -6.19. The Morgan fingerprint density at radius 1 is 0.743 bits per heavy atom. The molecule has 0 radical (unpaired) electrons. The van der Waals surface area contributed by atoms with Gasteiger partial charge in [-0.3, -0.25) is 0 Å². The Labute approximate surface area is 201 Å². The largest absolute Gasteiger partial charge is 0.743 e. The number of rotatable bonds is 6. The van der Waals surface area contributed by atoms with E-state index < -0.39 is 35.6 Å². The van der Waals surface area contributed by atoms with Gasteiger partial charge in [0.05, 0.1) is 7.92 Å². The van der Waals surface area contributed by atoms with Crippen LogP contribution in [0.2, 0.25) is 0 Å². The van der Waals surface area contributed by atoms with Gasteiger partial charge in [0, 0.05) is 0 Å². The zero-order chi connectivity index (χ0) is 26.6. The average Bonchev–Trinajstić information content (AvgIpc) is 2.80. The molecule has 11 heteroatoms. The molecule has 0 bridgehead atoms. The molecule has 3 rings (SSSR count). The minimum absolute atomic E-state index is 0.946. The second-order valence-corrected chi connectivity index (χ2v) is 11.5. The minimum Gasteiger partial charge on any atom is -0.743 e. The maximum atomic E-state index is 11.8. The van der Waals surface area contributed by atoms with Gasteiger partial charge in [-0.25, -0.2) is 17.2 Å². The molecule has 0 N–H and O–H groups in total. The first-order valence-corrected chi connectivity index (χ1v) is 13.1. The highest BCUT2D eigenvalue weighted by molar-refractivity contribution is 7.86. The number of halogens is 6. The van der Waals surface area contributed by atoms with Crippen LogP contribution in [0.1, 0.15) is 16.7 Å². The minimum atomic E-state index is -6.82. The Morgan fingerprint density at radius 3 is 1.51 bits per heavy atom. The monoisotopic (exact) mass is 536 g/mol. The third kappa shape index (κ3) is 6.23. The third-order valence-corrected chi connectivity index (χ3v) is 9.23. The van der Waals surface area contributed by atoms with Crippen LogP contribution < -0.4 is 15.9 Å². The Kier molecular flexibility index (Phi) is 9.14. The summed E-state index contributed by atoms with van der Waals surface area (Å²) in [4.78, 5) is 0. The highest BCUT2D eigenvalue weighted by Crippen LogP contribution is 2.42. The first kappa shape index (κ1) is 28.8. The van der Waals surface area contributed by atoms with Crippen molar-refractivity contribution in [1.82, 2.24) is 0 Å². The molecule has 0 aliphatic heterocycles. The Bertz CT molecular complexity index is 1200. The second-order valence-electron chi connectivity index (χ2n) is 7.68. The molecule has 0 aliphatic carbocycles. The molecule has 190 valence electrons. The smallest absolute Gasteiger partial charge is 0.402 e. The molecule has 0 aliphatic rings. The van der Waals surface area contributed by atoms with Gasteiger partial charge in [0.15, 0.2) is 10.1 Å². The van der Waals surface area contributed by atoms with Crippen LogP contribution in [0.25, 0.3) is 0 Å². The summed E-state index contributed by atoms with van der Waals surface area (Å²) in [6, 6.07) is 26.5. The summed E-state index contributed by atoms with van der Waals surface area (Å²) in [6.45, 7) is 6.71. The van der Waals surface area contributed by atoms with E-state index in [1.807, 2.05) is 0 Å². The molecule has 0 heterocycles. The van der Waals surface area contributed by atoms with Gasteiger partial charge in [-0.15, -0.1) is 0 Å². The highest BCUT2D eigenvalue weighted by Gasteiger charge is 2.67. The molecule has 3 aromatic carbocycles. The summed E-state index contributed by atoms with van der Waals surface area (Å²) < 4.78 is 98.0. The van der Waals surface area contributed by atoms with Crippen LogP contribution in [0.5, 0.6) is 0 Å². The van der Waals surface area contributed by atoms with Crippen LogP contribution in [-0.2, 0) is 10.1 Å². The lowest BCUT2D eigenvalue weighted by Crippen LogP contribution is -2.51. The fourth-order valence-corrected chi connectivity index (χ4v) is 6.45. The Balaban J connectivity index is 0.000000287. The van der Waals surface area contributed by atoms with Crippen LogP contribution in [-0.4, -0.2) is 30.6 Å². The van der Waals surface area contributed by atoms with Crippen molar-refractivity contribution >= 4 is 34.0 Å². The molecule has 0 saturated heterocycles. The van der Waals surface area contributed by atoms with E-state index in [0.717, 1.165) is 0 Å². The molecule has 0 unspecified atom stereocenters. The lowest BCUT2D eigenvalue weighted by molar-refractivity contribution is -0.227. The van der Waals surface area contributed by atoms with Crippen LogP contribution in [0.15, 0.2) is 72.8 Å². The van der Waals surface area contributed by atoms with Crippen LogP contribution in [0.4, 0.5) is 26.3 Å². The maximum absolute atomic E-state index is 11.8. The van der Waals surface area contributed by atoms with Crippen molar-refractivity contribution in [3.63, 3.8) is 0 Å². The van der Waals surface area contributed by atoms with E-state index >= 15 is 0 Å². The van der Waals surface area contributed by atoms with Crippen molar-refractivity contribution < 1.29 is 39.3 Å². The van der Waals surface area contributed by atoms with Gasteiger partial charge >= 0.3 is 17.6 Å². The number of hydrogen-bond acceptors (Lipinski definition) is 3. The van der Waals surface area contributed by atoms with E-state index in [4.69, 9.17) is 0 Å². The molecule has 0 amide bonds. The molecule has 0 aromatic heterocycles. The van der Waals surface area contributed by atoms with E-state index in [-0.39, 0.29) is 0 Å². The summed E-state index contributed by atoms with van der Waals surface area (Å²) in [6.07, 6.45) is -4.94. The number of alkyl halides is 6. The van der Waals surface area contributed by atoms with Crippen molar-refractivity contribution in [3.8, 4) is 0 Å². The van der Waals surface area contributed by atoms with Crippen LogP contribution in [0.3, 0.4) is 0 Å². The van der Waals surface area contributed by atoms with Gasteiger partial charge < -0.3 is 4.55 Å². The molecule has 3 aromatic rings. The molecule has 3 nitrogen and oxygen atoms in total. The first-order valence-electron chi connectivity index (χ1n) is 10.2. The lowest BCUT2D eigenvalue weighted by Gasteiger charge is -2.27. The Hall–Kier alpha value is -2.42. The second kappa shape index (κ2) is 11.1. The maximum Gasteiger partial charge on any atom is 0.402 e. The first-order chi connectivity index (χ1) is 16.1. The Morgan fingerprint density at radius 2 is 1.17 bits per heavy atom. The summed E-state index contributed by atoms with van der Waals surface area (Å²) in [7, 11) is -7.76. The van der Waals surface area contributed by atoms with Crippen molar-refractivity contribution in [2.75, 3.05) is 0 Å². The fourth-order valence-electron chi connectivity index (χ4n) is 3.21. The SMILES string of the molecule is Cc1ccc([PH+](c2ccccc2)c2ccccc2)c(C)c1C.O=S(=O)([O-])C(F)(F)C(F)(F)C(F)F. The van der Waals surface area contributed by atoms with Gasteiger partial charge in [-0.2, -0.15) is 17.6 Å². The lowest BCUT2D eigenvalue weighted by atomic mass is 10.1. The summed E-state index contributed by atoms with van der Waals surface area (Å²) >= 11 is 0. The number of benzene rings is 3. The highest BCUT2D eigenvalue weighted by atomic mass is 32.2. The summed E-state index contributed by atoms with van der Waals surface area (Å²) in [5, 5.41) is -1.91. The van der Waals surface area contributed by atoms with Gasteiger partial charge in [0.25, 0.3) is 0 Å². The molecule has 35 heavy (non-hydrogen) atoms.